The molecule has 4 nitrogen and oxygen atoms in total. The molecule has 6 heteroatoms. The molecule has 1 fully saturated rings. The summed E-state index contributed by atoms with van der Waals surface area (Å²) in [4.78, 5) is -0.207. The summed E-state index contributed by atoms with van der Waals surface area (Å²) in [5, 5.41) is 3.11. The van der Waals surface area contributed by atoms with E-state index in [4.69, 9.17) is 0 Å². The maximum atomic E-state index is 13.9. The monoisotopic (exact) mass is 300 g/mol. The third kappa shape index (κ3) is 3.02. The van der Waals surface area contributed by atoms with Gasteiger partial charge in [0.15, 0.2) is 0 Å². The molecule has 20 heavy (non-hydrogen) atoms. The molecule has 0 aliphatic carbocycles. The van der Waals surface area contributed by atoms with Crippen LogP contribution >= 0.6 is 0 Å². The van der Waals surface area contributed by atoms with Gasteiger partial charge in [0.05, 0.1) is 0 Å². The Hall–Kier alpha value is -0.980. The molecule has 1 heterocycles. The lowest BCUT2D eigenvalue weighted by molar-refractivity contribution is 0.404. The van der Waals surface area contributed by atoms with E-state index in [1.165, 1.54) is 16.4 Å². The van der Waals surface area contributed by atoms with Gasteiger partial charge < -0.3 is 5.32 Å². The average molecular weight is 300 g/mol. The van der Waals surface area contributed by atoms with Crippen LogP contribution in [0.3, 0.4) is 0 Å². The molecule has 1 unspecified atom stereocenters. The van der Waals surface area contributed by atoms with Crippen molar-refractivity contribution in [1.82, 2.24) is 9.62 Å². The third-order valence-corrected chi connectivity index (χ3v) is 5.68. The van der Waals surface area contributed by atoms with Crippen molar-refractivity contribution in [2.45, 2.75) is 44.2 Å². The molecule has 1 aromatic rings. The van der Waals surface area contributed by atoms with Gasteiger partial charge in [0, 0.05) is 19.1 Å². The Morgan fingerprint density at radius 1 is 1.45 bits per heavy atom. The average Bonchev–Trinajstić information content (AvgIpc) is 2.84. The van der Waals surface area contributed by atoms with Crippen LogP contribution < -0.4 is 5.32 Å². The van der Waals surface area contributed by atoms with Crippen molar-refractivity contribution < 1.29 is 12.8 Å². The fraction of sp³-hybridized carbons (Fsp3) is 0.571. The van der Waals surface area contributed by atoms with Gasteiger partial charge in [-0.15, -0.1) is 0 Å². The van der Waals surface area contributed by atoms with Crippen LogP contribution in [-0.4, -0.2) is 31.9 Å². The first-order valence-corrected chi connectivity index (χ1v) is 8.41. The first-order valence-electron chi connectivity index (χ1n) is 6.97. The summed E-state index contributed by atoms with van der Waals surface area (Å²) in [6, 6.07) is 4.24. The highest BCUT2D eigenvalue weighted by Crippen LogP contribution is 2.27. The molecule has 1 N–H and O–H groups in total. The highest BCUT2D eigenvalue weighted by atomic mass is 32.2. The summed E-state index contributed by atoms with van der Waals surface area (Å²) in [5.74, 6) is -0.677. The number of nitrogens with one attached hydrogen (secondary N) is 1. The largest absolute Gasteiger partial charge is 0.313 e. The molecule has 0 aromatic heterocycles. The number of hydrogen-bond donors (Lipinski definition) is 1. The second-order valence-corrected chi connectivity index (χ2v) is 7.01. The van der Waals surface area contributed by atoms with Crippen LogP contribution in [0.4, 0.5) is 4.39 Å². The molecular weight excluding hydrogens is 279 g/mol. The maximum Gasteiger partial charge on any atom is 0.246 e. The summed E-state index contributed by atoms with van der Waals surface area (Å²) >= 11 is 0. The normalized spacial score (nSPS) is 20.4. The lowest BCUT2D eigenvalue weighted by atomic mass is 10.2. The standard InChI is InChI=1S/C14H21FN2O2S/c1-3-16-10-12-6-7-13(15)14(9-12)20(18,19)17-8-4-5-11(17)2/h6-7,9,11,16H,3-5,8,10H2,1-2H3. The van der Waals surface area contributed by atoms with Gasteiger partial charge in [-0.05, 0) is 44.0 Å². The van der Waals surface area contributed by atoms with Crippen LogP contribution in [-0.2, 0) is 16.6 Å². The van der Waals surface area contributed by atoms with Gasteiger partial charge in [0.1, 0.15) is 10.7 Å². The molecule has 2 rings (SSSR count). The van der Waals surface area contributed by atoms with E-state index in [0.29, 0.717) is 13.1 Å². The Morgan fingerprint density at radius 3 is 2.80 bits per heavy atom. The van der Waals surface area contributed by atoms with Crippen LogP contribution in [0.5, 0.6) is 0 Å². The van der Waals surface area contributed by atoms with Gasteiger partial charge in [-0.25, -0.2) is 12.8 Å². The Labute approximate surface area is 120 Å². The number of hydrogen-bond acceptors (Lipinski definition) is 3. The fourth-order valence-electron chi connectivity index (χ4n) is 2.52. The van der Waals surface area contributed by atoms with Gasteiger partial charge in [-0.2, -0.15) is 4.31 Å². The van der Waals surface area contributed by atoms with Crippen molar-refractivity contribution in [3.63, 3.8) is 0 Å². The molecule has 1 aliphatic rings. The number of benzene rings is 1. The summed E-state index contributed by atoms with van der Waals surface area (Å²) in [6.45, 7) is 5.62. The third-order valence-electron chi connectivity index (χ3n) is 3.65. The Morgan fingerprint density at radius 2 is 2.20 bits per heavy atom. The molecule has 0 spiro atoms. The summed E-state index contributed by atoms with van der Waals surface area (Å²) < 4.78 is 40.5. The zero-order chi connectivity index (χ0) is 14.8. The van der Waals surface area contributed by atoms with E-state index in [-0.39, 0.29) is 10.9 Å². The van der Waals surface area contributed by atoms with Crippen LogP contribution in [0, 0.1) is 5.82 Å². The van der Waals surface area contributed by atoms with Crippen LogP contribution in [0.2, 0.25) is 0 Å². The van der Waals surface area contributed by atoms with Crippen molar-refractivity contribution >= 4 is 10.0 Å². The fourth-order valence-corrected chi connectivity index (χ4v) is 4.33. The van der Waals surface area contributed by atoms with Crippen molar-refractivity contribution in [3.05, 3.63) is 29.6 Å². The van der Waals surface area contributed by atoms with Crippen molar-refractivity contribution in [1.29, 1.82) is 0 Å². The minimum absolute atomic E-state index is 0.0585. The molecule has 1 aliphatic heterocycles. The zero-order valence-electron chi connectivity index (χ0n) is 11.9. The van der Waals surface area contributed by atoms with Gasteiger partial charge >= 0.3 is 0 Å². The van der Waals surface area contributed by atoms with Crippen LogP contribution in [0.25, 0.3) is 0 Å². The summed E-state index contributed by atoms with van der Waals surface area (Å²) in [6.07, 6.45) is 1.66. The number of nitrogens with zero attached hydrogens (tertiary/aromatic N) is 1. The van der Waals surface area contributed by atoms with Gasteiger partial charge in [-0.3, -0.25) is 0 Å². The topological polar surface area (TPSA) is 49.4 Å². The molecule has 1 saturated heterocycles. The van der Waals surface area contributed by atoms with Crippen LogP contribution in [0.1, 0.15) is 32.3 Å². The highest BCUT2D eigenvalue weighted by molar-refractivity contribution is 7.89. The number of rotatable bonds is 5. The number of halogens is 1. The molecule has 0 radical (unpaired) electrons. The molecule has 0 saturated carbocycles. The smallest absolute Gasteiger partial charge is 0.246 e. The van der Waals surface area contributed by atoms with Gasteiger partial charge in [-0.1, -0.05) is 13.0 Å². The van der Waals surface area contributed by atoms with E-state index in [1.807, 2.05) is 13.8 Å². The van der Waals surface area contributed by atoms with Gasteiger partial charge in [0.25, 0.3) is 0 Å². The molecule has 112 valence electrons. The predicted molar refractivity (Wildman–Crippen MR) is 76.4 cm³/mol. The van der Waals surface area contributed by atoms with E-state index in [1.54, 1.807) is 6.07 Å². The first kappa shape index (κ1) is 15.4. The van der Waals surface area contributed by atoms with E-state index < -0.39 is 15.8 Å². The Bertz CT molecular complexity index is 575. The SMILES string of the molecule is CCNCc1ccc(F)c(S(=O)(=O)N2CCCC2C)c1. The second kappa shape index (κ2) is 6.20. The Balaban J connectivity index is 2.35. The van der Waals surface area contributed by atoms with E-state index >= 15 is 0 Å². The lowest BCUT2D eigenvalue weighted by Gasteiger charge is -2.21. The molecule has 0 amide bonds. The quantitative estimate of drug-likeness (QED) is 0.906. The maximum absolute atomic E-state index is 13.9. The summed E-state index contributed by atoms with van der Waals surface area (Å²) in [5.41, 5.74) is 0.777. The highest BCUT2D eigenvalue weighted by Gasteiger charge is 2.34. The Kier molecular flexibility index (Phi) is 4.78. The predicted octanol–water partition coefficient (Wildman–Crippen LogP) is 2.11. The molecule has 1 aromatic carbocycles. The minimum Gasteiger partial charge on any atom is -0.313 e. The molecule has 1 atom stereocenters. The summed E-state index contributed by atoms with van der Waals surface area (Å²) in [7, 11) is -3.74. The van der Waals surface area contributed by atoms with Gasteiger partial charge in [0.2, 0.25) is 10.0 Å². The molecule has 0 bridgehead atoms. The first-order chi connectivity index (χ1) is 9.46. The number of sulfonamides is 1. The van der Waals surface area contributed by atoms with Crippen LogP contribution in [0.15, 0.2) is 23.1 Å². The second-order valence-electron chi connectivity index (χ2n) is 5.15. The van der Waals surface area contributed by atoms with E-state index in [0.717, 1.165) is 24.9 Å². The van der Waals surface area contributed by atoms with Crippen molar-refractivity contribution in [2.75, 3.05) is 13.1 Å². The lowest BCUT2D eigenvalue weighted by Crippen LogP contribution is -2.34. The minimum atomic E-state index is -3.74. The van der Waals surface area contributed by atoms with Crippen molar-refractivity contribution in [2.24, 2.45) is 0 Å². The van der Waals surface area contributed by atoms with E-state index in [2.05, 4.69) is 5.32 Å². The van der Waals surface area contributed by atoms with Crippen molar-refractivity contribution in [3.8, 4) is 0 Å². The van der Waals surface area contributed by atoms with E-state index in [9.17, 15) is 12.8 Å². The zero-order valence-corrected chi connectivity index (χ0v) is 12.7. The molecular formula is C14H21FN2O2S.